The molecule has 1 atom stereocenters. The quantitative estimate of drug-likeness (QED) is 0.504. The predicted molar refractivity (Wildman–Crippen MR) is 116 cm³/mol. The maximum Gasteiger partial charge on any atom is 0.271 e. The fourth-order valence-corrected chi connectivity index (χ4v) is 4.43. The first kappa shape index (κ1) is 19.5. The van der Waals surface area contributed by atoms with Gasteiger partial charge in [-0.25, -0.2) is 0 Å². The third-order valence-electron chi connectivity index (χ3n) is 5.44. The Bertz CT molecular complexity index is 1180. The van der Waals surface area contributed by atoms with Crippen LogP contribution < -0.4 is 4.74 Å². The minimum absolute atomic E-state index is 0.0263. The summed E-state index contributed by atoms with van der Waals surface area (Å²) in [4.78, 5) is 14.9. The van der Waals surface area contributed by atoms with Crippen molar-refractivity contribution in [3.05, 3.63) is 58.7 Å². The number of piperidine rings is 1. The van der Waals surface area contributed by atoms with Gasteiger partial charge in [0.1, 0.15) is 11.4 Å². The number of methoxy groups -OCH3 is 1. The predicted octanol–water partition coefficient (Wildman–Crippen LogP) is 4.22. The molecule has 3 aromatic heterocycles. The molecule has 0 bridgehead atoms. The zero-order valence-electron chi connectivity index (χ0n) is 16.9. The minimum atomic E-state index is -0.0797. The molecule has 31 heavy (non-hydrogen) atoms. The van der Waals surface area contributed by atoms with E-state index in [4.69, 9.17) is 9.15 Å². The molecule has 0 aliphatic carbocycles. The average Bonchev–Trinajstić information content (AvgIpc) is 3.59. The van der Waals surface area contributed by atoms with Crippen LogP contribution >= 0.6 is 11.3 Å². The molecule has 0 spiro atoms. The van der Waals surface area contributed by atoms with Crippen molar-refractivity contribution in [2.75, 3.05) is 20.2 Å². The average molecular weight is 436 g/mol. The summed E-state index contributed by atoms with van der Waals surface area (Å²) in [6, 6.07) is 11.3. The molecule has 0 saturated carbocycles. The summed E-state index contributed by atoms with van der Waals surface area (Å²) in [5.41, 5.74) is 2.98. The Hall–Kier alpha value is -3.46. The Morgan fingerprint density at radius 3 is 3.03 bits per heavy atom. The van der Waals surface area contributed by atoms with Crippen LogP contribution in [0.3, 0.4) is 0 Å². The molecule has 1 saturated heterocycles. The maximum atomic E-state index is 13.1. The Kier molecular flexibility index (Phi) is 5.25. The van der Waals surface area contributed by atoms with Crippen molar-refractivity contribution in [3.63, 3.8) is 0 Å². The van der Waals surface area contributed by atoms with Gasteiger partial charge in [-0.1, -0.05) is 12.1 Å². The molecule has 4 heterocycles. The van der Waals surface area contributed by atoms with Crippen molar-refractivity contribution in [2.45, 2.75) is 18.8 Å². The lowest BCUT2D eigenvalue weighted by Crippen LogP contribution is -2.39. The normalized spacial score (nSPS) is 16.4. The fourth-order valence-electron chi connectivity index (χ4n) is 3.80. The fraction of sp³-hybridized carbons (Fsp3) is 0.273. The van der Waals surface area contributed by atoms with Gasteiger partial charge in [0.05, 0.1) is 18.7 Å². The van der Waals surface area contributed by atoms with Crippen LogP contribution in [0, 0.1) is 0 Å². The second-order valence-electron chi connectivity index (χ2n) is 7.45. The van der Waals surface area contributed by atoms with Gasteiger partial charge in [-0.05, 0) is 42.5 Å². The standard InChI is InChI=1S/C22H21N5O3S/c1-29-17-6-2-4-14(10-17)18-11-19(24-23-18)22(28)27-8-3-5-15(12-27)20-25-26-21(30-20)16-7-9-31-13-16/h2,4,6-7,9-11,13,15H,3,5,8,12H2,1H3,(H,23,24)/t15-/m1/s1. The van der Waals surface area contributed by atoms with E-state index in [9.17, 15) is 4.79 Å². The molecule has 9 heteroatoms. The Balaban J connectivity index is 1.30. The highest BCUT2D eigenvalue weighted by atomic mass is 32.1. The van der Waals surface area contributed by atoms with Crippen molar-refractivity contribution >= 4 is 17.2 Å². The van der Waals surface area contributed by atoms with Gasteiger partial charge in [-0.2, -0.15) is 16.4 Å². The molecule has 0 radical (unpaired) electrons. The highest BCUT2D eigenvalue weighted by Gasteiger charge is 2.30. The first-order valence-corrected chi connectivity index (χ1v) is 11.0. The van der Waals surface area contributed by atoms with Gasteiger partial charge in [0.25, 0.3) is 5.91 Å². The molecular formula is C22H21N5O3S. The summed E-state index contributed by atoms with van der Waals surface area (Å²) in [5, 5.41) is 19.6. The Morgan fingerprint density at radius 1 is 1.26 bits per heavy atom. The second kappa shape index (κ2) is 8.35. The van der Waals surface area contributed by atoms with Crippen LogP contribution in [-0.4, -0.2) is 51.4 Å². The monoisotopic (exact) mass is 435 g/mol. The number of ether oxygens (including phenoxy) is 1. The number of carbonyl (C=O) groups excluding carboxylic acids is 1. The summed E-state index contributed by atoms with van der Waals surface area (Å²) >= 11 is 1.59. The van der Waals surface area contributed by atoms with Crippen LogP contribution in [0.2, 0.25) is 0 Å². The van der Waals surface area contributed by atoms with E-state index in [0.29, 0.717) is 36.3 Å². The van der Waals surface area contributed by atoms with Crippen LogP contribution in [0.15, 0.2) is 51.6 Å². The molecule has 1 fully saturated rings. The molecule has 1 amide bonds. The number of hydrogen-bond donors (Lipinski definition) is 1. The number of nitrogens with zero attached hydrogens (tertiary/aromatic N) is 4. The number of likely N-dealkylation sites (tertiary alicyclic amines) is 1. The van der Waals surface area contributed by atoms with Gasteiger partial charge >= 0.3 is 0 Å². The molecule has 1 N–H and O–H groups in total. The van der Waals surface area contributed by atoms with E-state index < -0.39 is 0 Å². The molecule has 0 unspecified atom stereocenters. The van der Waals surface area contributed by atoms with Crippen molar-refractivity contribution in [3.8, 4) is 28.5 Å². The van der Waals surface area contributed by atoms with Crippen LogP contribution in [-0.2, 0) is 0 Å². The highest BCUT2D eigenvalue weighted by Crippen LogP contribution is 2.30. The molecule has 158 valence electrons. The van der Waals surface area contributed by atoms with E-state index in [-0.39, 0.29) is 11.8 Å². The number of rotatable bonds is 5. The maximum absolute atomic E-state index is 13.1. The number of carbonyl (C=O) groups is 1. The lowest BCUT2D eigenvalue weighted by atomic mass is 9.97. The van der Waals surface area contributed by atoms with Gasteiger partial charge in [-0.3, -0.25) is 9.89 Å². The third-order valence-corrected chi connectivity index (χ3v) is 6.12. The molecule has 5 rings (SSSR count). The third kappa shape index (κ3) is 3.96. The van der Waals surface area contributed by atoms with Gasteiger partial charge in [0, 0.05) is 29.6 Å². The van der Waals surface area contributed by atoms with E-state index in [1.165, 1.54) is 0 Å². The zero-order chi connectivity index (χ0) is 21.2. The lowest BCUT2D eigenvalue weighted by molar-refractivity contribution is 0.0692. The largest absolute Gasteiger partial charge is 0.497 e. The van der Waals surface area contributed by atoms with E-state index in [1.807, 2.05) is 46.0 Å². The molecule has 4 aromatic rings. The molecule has 1 aromatic carbocycles. The number of hydrogen-bond acceptors (Lipinski definition) is 7. The summed E-state index contributed by atoms with van der Waals surface area (Å²) < 4.78 is 11.2. The second-order valence-corrected chi connectivity index (χ2v) is 8.23. The Labute approximate surface area is 182 Å². The Morgan fingerprint density at radius 2 is 2.19 bits per heavy atom. The summed E-state index contributed by atoms with van der Waals surface area (Å²) in [6.45, 7) is 1.23. The number of aromatic nitrogens is 4. The molecule has 1 aliphatic heterocycles. The molecule has 8 nitrogen and oxygen atoms in total. The summed E-state index contributed by atoms with van der Waals surface area (Å²) in [6.07, 6.45) is 1.79. The highest BCUT2D eigenvalue weighted by molar-refractivity contribution is 7.08. The topological polar surface area (TPSA) is 97.1 Å². The number of thiophene rings is 1. The van der Waals surface area contributed by atoms with Crippen molar-refractivity contribution in [1.29, 1.82) is 0 Å². The first-order chi connectivity index (χ1) is 15.2. The van der Waals surface area contributed by atoms with Gasteiger partial charge < -0.3 is 14.1 Å². The zero-order valence-corrected chi connectivity index (χ0v) is 17.8. The van der Waals surface area contributed by atoms with Gasteiger partial charge in [0.2, 0.25) is 11.8 Å². The number of amides is 1. The van der Waals surface area contributed by atoms with Crippen molar-refractivity contribution in [2.24, 2.45) is 0 Å². The molecule has 1 aliphatic rings. The summed E-state index contributed by atoms with van der Waals surface area (Å²) in [7, 11) is 1.62. The first-order valence-electron chi connectivity index (χ1n) is 10.1. The number of nitrogens with one attached hydrogen (secondary N) is 1. The van der Waals surface area contributed by atoms with Crippen LogP contribution in [0.5, 0.6) is 5.75 Å². The van der Waals surface area contributed by atoms with E-state index in [0.717, 1.165) is 29.7 Å². The van der Waals surface area contributed by atoms with Crippen molar-refractivity contribution < 1.29 is 13.9 Å². The smallest absolute Gasteiger partial charge is 0.271 e. The number of benzene rings is 1. The number of H-pyrrole nitrogens is 1. The van der Waals surface area contributed by atoms with E-state index in [2.05, 4.69) is 20.4 Å². The van der Waals surface area contributed by atoms with Crippen LogP contribution in [0.1, 0.15) is 35.1 Å². The van der Waals surface area contributed by atoms with Gasteiger partial charge in [0.15, 0.2) is 0 Å². The van der Waals surface area contributed by atoms with E-state index in [1.54, 1.807) is 24.5 Å². The minimum Gasteiger partial charge on any atom is -0.497 e. The number of aromatic amines is 1. The lowest BCUT2D eigenvalue weighted by Gasteiger charge is -2.30. The van der Waals surface area contributed by atoms with E-state index >= 15 is 0 Å². The van der Waals surface area contributed by atoms with Crippen molar-refractivity contribution in [1.82, 2.24) is 25.3 Å². The van der Waals surface area contributed by atoms with Crippen LogP contribution in [0.25, 0.3) is 22.7 Å². The summed E-state index contributed by atoms with van der Waals surface area (Å²) in [5.74, 6) is 1.80. The SMILES string of the molecule is COc1cccc(-c2cc(C(=O)N3CCC[C@@H](c4nnc(-c5ccsc5)o4)C3)[nH]n2)c1. The van der Waals surface area contributed by atoms with Crippen LogP contribution in [0.4, 0.5) is 0 Å². The molecular weight excluding hydrogens is 414 g/mol. The van der Waals surface area contributed by atoms with Gasteiger partial charge in [-0.15, -0.1) is 10.2 Å².